The molecular formula is C43H47N3O4. The molecule has 5 aromatic carbocycles. The first kappa shape index (κ1) is 35.1. The van der Waals surface area contributed by atoms with Crippen LogP contribution in [0.3, 0.4) is 0 Å². The highest BCUT2D eigenvalue weighted by Gasteiger charge is 2.39. The number of amides is 2. The smallest absolute Gasteiger partial charge is 0.315 e. The van der Waals surface area contributed by atoms with Gasteiger partial charge in [0, 0.05) is 44.2 Å². The summed E-state index contributed by atoms with van der Waals surface area (Å²) in [7, 11) is 0. The van der Waals surface area contributed by atoms with Crippen LogP contribution in [0.25, 0.3) is 11.1 Å². The van der Waals surface area contributed by atoms with Crippen LogP contribution < -0.4 is 10.6 Å². The Morgan fingerprint density at radius 3 is 1.94 bits per heavy atom. The quantitative estimate of drug-likeness (QED) is 0.118. The van der Waals surface area contributed by atoms with Gasteiger partial charge in [-0.3, -0.25) is 4.90 Å². The summed E-state index contributed by atoms with van der Waals surface area (Å²) in [5, 5.41) is 15.4. The minimum atomic E-state index is -0.587. The van der Waals surface area contributed by atoms with Gasteiger partial charge in [-0.25, -0.2) is 4.79 Å². The Morgan fingerprint density at radius 2 is 1.30 bits per heavy atom. The standard InChI is InChI=1S/C43H47N3O4/c1-3-44-43(48)45-26-35-16-10-17-37(24-35)38-18-11-19-39(25-38)42-49-40(31(2)41(50-42)36-22-20-34(30-47)21-23-36)29-46(27-32-12-6-4-7-13-32)28-33-14-8-5-9-15-33/h4-25,31,40-42,47H,3,26-30H2,1-2H3,(H2,44,45,48)/t31-,40+,41+,42+/m0/s1. The zero-order chi connectivity index (χ0) is 34.7. The van der Waals surface area contributed by atoms with Crippen molar-refractivity contribution in [1.82, 2.24) is 15.5 Å². The predicted octanol–water partition coefficient (Wildman–Crippen LogP) is 8.16. The third kappa shape index (κ3) is 9.25. The van der Waals surface area contributed by atoms with Crippen LogP contribution in [0.2, 0.25) is 0 Å². The molecular weight excluding hydrogens is 622 g/mol. The van der Waals surface area contributed by atoms with Gasteiger partial charge in [0.1, 0.15) is 0 Å². The lowest BCUT2D eigenvalue weighted by molar-refractivity contribution is -0.276. The van der Waals surface area contributed by atoms with Gasteiger partial charge in [0.15, 0.2) is 6.29 Å². The van der Waals surface area contributed by atoms with E-state index in [1.807, 2.05) is 37.3 Å². The summed E-state index contributed by atoms with van der Waals surface area (Å²) in [6, 6.07) is 45.6. The number of ether oxygens (including phenoxy) is 2. The summed E-state index contributed by atoms with van der Waals surface area (Å²) in [4.78, 5) is 14.5. The summed E-state index contributed by atoms with van der Waals surface area (Å²) in [5.74, 6) is 0.0533. The molecule has 2 amide bonds. The molecule has 4 atom stereocenters. The van der Waals surface area contributed by atoms with Crippen LogP contribution in [0.5, 0.6) is 0 Å². The topological polar surface area (TPSA) is 83.1 Å². The normalized spacial score (nSPS) is 18.9. The molecule has 0 bridgehead atoms. The SMILES string of the molecule is CCNC(=O)NCc1cccc(-c2cccc([C@@H]3O[C@H](CN(Cc4ccccc4)Cc4ccccc4)[C@H](C)[C@H](c4ccc(CO)cc4)O3)c2)c1. The Hall–Kier alpha value is -4.79. The van der Waals surface area contributed by atoms with Crippen LogP contribution in [0, 0.1) is 5.92 Å². The Labute approximate surface area is 295 Å². The number of carbonyl (C=O) groups excluding carboxylic acids is 1. The van der Waals surface area contributed by atoms with Crippen molar-refractivity contribution in [2.24, 2.45) is 5.92 Å². The first-order chi connectivity index (χ1) is 24.5. The van der Waals surface area contributed by atoms with Gasteiger partial charge in [-0.2, -0.15) is 0 Å². The zero-order valence-electron chi connectivity index (χ0n) is 28.9. The number of rotatable bonds is 13. The molecule has 6 rings (SSSR count). The molecule has 0 radical (unpaired) electrons. The van der Waals surface area contributed by atoms with Gasteiger partial charge >= 0.3 is 6.03 Å². The molecule has 1 saturated heterocycles. The van der Waals surface area contributed by atoms with E-state index < -0.39 is 6.29 Å². The molecule has 0 saturated carbocycles. The first-order valence-electron chi connectivity index (χ1n) is 17.5. The van der Waals surface area contributed by atoms with Crippen molar-refractivity contribution < 1.29 is 19.4 Å². The van der Waals surface area contributed by atoms with Crippen molar-refractivity contribution in [1.29, 1.82) is 0 Å². The van der Waals surface area contributed by atoms with Gasteiger partial charge in [-0.15, -0.1) is 0 Å². The third-order valence-electron chi connectivity index (χ3n) is 9.27. The van der Waals surface area contributed by atoms with Crippen molar-refractivity contribution in [3.63, 3.8) is 0 Å². The summed E-state index contributed by atoms with van der Waals surface area (Å²) in [6.45, 7) is 7.44. The molecule has 1 heterocycles. The van der Waals surface area contributed by atoms with Crippen LogP contribution in [0.4, 0.5) is 4.79 Å². The zero-order valence-corrected chi connectivity index (χ0v) is 28.9. The Bertz CT molecular complexity index is 1760. The van der Waals surface area contributed by atoms with Gasteiger partial charge in [-0.05, 0) is 58.0 Å². The van der Waals surface area contributed by atoms with Gasteiger partial charge in [0.05, 0.1) is 18.8 Å². The molecule has 1 aliphatic heterocycles. The minimum absolute atomic E-state index is 0.000355. The molecule has 258 valence electrons. The lowest BCUT2D eigenvalue weighted by Gasteiger charge is -2.43. The van der Waals surface area contributed by atoms with Gasteiger partial charge in [0.25, 0.3) is 0 Å². The van der Waals surface area contributed by atoms with Crippen LogP contribution in [-0.2, 0) is 35.7 Å². The van der Waals surface area contributed by atoms with E-state index >= 15 is 0 Å². The van der Waals surface area contributed by atoms with Crippen molar-refractivity contribution in [2.45, 2.75) is 58.6 Å². The number of hydrogen-bond acceptors (Lipinski definition) is 5. The molecule has 7 nitrogen and oxygen atoms in total. The maximum absolute atomic E-state index is 12.0. The second-order valence-corrected chi connectivity index (χ2v) is 13.0. The van der Waals surface area contributed by atoms with Gasteiger partial charge < -0.3 is 25.2 Å². The number of nitrogens with one attached hydrogen (secondary N) is 2. The van der Waals surface area contributed by atoms with Crippen LogP contribution in [-0.4, -0.2) is 35.2 Å². The molecule has 7 heteroatoms. The van der Waals surface area contributed by atoms with E-state index in [0.29, 0.717) is 13.1 Å². The highest BCUT2D eigenvalue weighted by Crippen LogP contribution is 2.42. The van der Waals surface area contributed by atoms with E-state index in [1.54, 1.807) is 0 Å². The fraction of sp³-hybridized carbons (Fsp3) is 0.279. The van der Waals surface area contributed by atoms with E-state index in [2.05, 4.69) is 126 Å². The molecule has 1 fully saturated rings. The highest BCUT2D eigenvalue weighted by atomic mass is 16.7. The number of benzene rings is 5. The van der Waals surface area contributed by atoms with E-state index in [1.165, 1.54) is 11.1 Å². The maximum Gasteiger partial charge on any atom is 0.315 e. The average Bonchev–Trinajstić information content (AvgIpc) is 3.16. The maximum atomic E-state index is 12.0. The van der Waals surface area contributed by atoms with Crippen molar-refractivity contribution >= 4 is 6.03 Å². The Morgan fingerprint density at radius 1 is 0.680 bits per heavy atom. The number of nitrogens with zero attached hydrogens (tertiary/aromatic N) is 1. The van der Waals surface area contributed by atoms with Crippen molar-refractivity contribution in [3.05, 3.63) is 167 Å². The number of carbonyl (C=O) groups is 1. The first-order valence-corrected chi connectivity index (χ1v) is 17.5. The second-order valence-electron chi connectivity index (χ2n) is 13.0. The second kappa shape index (κ2) is 17.2. The largest absolute Gasteiger partial charge is 0.392 e. The number of urea groups is 1. The number of aliphatic hydroxyl groups is 1. The average molecular weight is 670 g/mol. The van der Waals surface area contributed by atoms with E-state index in [4.69, 9.17) is 9.47 Å². The van der Waals surface area contributed by atoms with E-state index in [-0.39, 0.29) is 30.8 Å². The summed E-state index contributed by atoms with van der Waals surface area (Å²) in [6.07, 6.45) is -0.929. The van der Waals surface area contributed by atoms with Crippen LogP contribution in [0.1, 0.15) is 59.6 Å². The highest BCUT2D eigenvalue weighted by molar-refractivity contribution is 5.74. The lowest BCUT2D eigenvalue weighted by Crippen LogP contribution is -2.44. The Balaban J connectivity index is 1.28. The summed E-state index contributed by atoms with van der Waals surface area (Å²) in [5.41, 5.74) is 8.50. The van der Waals surface area contributed by atoms with Crippen molar-refractivity contribution in [2.75, 3.05) is 13.1 Å². The van der Waals surface area contributed by atoms with E-state index in [0.717, 1.165) is 53.0 Å². The molecule has 0 aromatic heterocycles. The molecule has 0 unspecified atom stereocenters. The fourth-order valence-corrected chi connectivity index (χ4v) is 6.58. The summed E-state index contributed by atoms with van der Waals surface area (Å²) >= 11 is 0. The lowest BCUT2D eigenvalue weighted by atomic mass is 9.89. The molecule has 0 spiro atoms. The molecule has 1 aliphatic rings. The molecule has 3 N–H and O–H groups in total. The van der Waals surface area contributed by atoms with Crippen LogP contribution >= 0.6 is 0 Å². The Kier molecular flexibility index (Phi) is 12.1. The number of hydrogen-bond donors (Lipinski definition) is 3. The third-order valence-corrected chi connectivity index (χ3v) is 9.27. The fourth-order valence-electron chi connectivity index (χ4n) is 6.58. The molecule has 0 aliphatic carbocycles. The van der Waals surface area contributed by atoms with Crippen LogP contribution in [0.15, 0.2) is 133 Å². The van der Waals surface area contributed by atoms with Gasteiger partial charge in [0.2, 0.25) is 0 Å². The summed E-state index contributed by atoms with van der Waals surface area (Å²) < 4.78 is 13.8. The molecule has 5 aromatic rings. The van der Waals surface area contributed by atoms with E-state index in [9.17, 15) is 9.90 Å². The van der Waals surface area contributed by atoms with Crippen molar-refractivity contribution in [3.8, 4) is 11.1 Å². The minimum Gasteiger partial charge on any atom is -0.392 e. The van der Waals surface area contributed by atoms with Gasteiger partial charge in [-0.1, -0.05) is 128 Å². The monoisotopic (exact) mass is 669 g/mol. The number of aliphatic hydroxyl groups excluding tert-OH is 1. The molecule has 50 heavy (non-hydrogen) atoms. The predicted molar refractivity (Wildman–Crippen MR) is 198 cm³/mol.